The molecular formula is C25H26O2. The monoisotopic (exact) mass is 358 g/mol. The molecule has 3 aromatic rings. The molecule has 0 fully saturated rings. The number of ether oxygens (including phenoxy) is 1. The van der Waals surface area contributed by atoms with Gasteiger partial charge in [0.2, 0.25) is 0 Å². The van der Waals surface area contributed by atoms with Crippen molar-refractivity contribution < 1.29 is 9.53 Å². The molecule has 0 unspecified atom stereocenters. The van der Waals surface area contributed by atoms with Crippen LogP contribution in [0, 0.1) is 5.41 Å². The summed E-state index contributed by atoms with van der Waals surface area (Å²) in [7, 11) is 0. The van der Waals surface area contributed by atoms with Crippen LogP contribution in [0.4, 0.5) is 0 Å². The van der Waals surface area contributed by atoms with Crippen molar-refractivity contribution >= 4 is 5.97 Å². The van der Waals surface area contributed by atoms with E-state index in [1.54, 1.807) is 0 Å². The van der Waals surface area contributed by atoms with Crippen LogP contribution in [0.2, 0.25) is 0 Å². The van der Waals surface area contributed by atoms with E-state index in [0.717, 1.165) is 16.7 Å². The highest BCUT2D eigenvalue weighted by molar-refractivity contribution is 5.81. The molecule has 3 aromatic carbocycles. The molecule has 0 saturated heterocycles. The molecule has 0 aliphatic carbocycles. The molecule has 0 radical (unpaired) electrons. The first-order chi connectivity index (χ1) is 13.0. The molecule has 0 atom stereocenters. The van der Waals surface area contributed by atoms with Crippen LogP contribution in [-0.4, -0.2) is 12.6 Å². The Morgan fingerprint density at radius 1 is 0.704 bits per heavy atom. The quantitative estimate of drug-likeness (QED) is 0.423. The SMILES string of the molecule is CCOC(=O)C(C)(C)C(c1ccccc1)(c1ccccc1)c1ccccc1. The van der Waals surface area contributed by atoms with E-state index >= 15 is 0 Å². The summed E-state index contributed by atoms with van der Waals surface area (Å²) in [5.41, 5.74) is 1.71. The summed E-state index contributed by atoms with van der Waals surface area (Å²) in [6.45, 7) is 6.18. The Labute approximate surface area is 161 Å². The van der Waals surface area contributed by atoms with E-state index in [9.17, 15) is 4.79 Å². The lowest BCUT2D eigenvalue weighted by Crippen LogP contribution is -2.49. The number of hydrogen-bond donors (Lipinski definition) is 0. The van der Waals surface area contributed by atoms with Crippen LogP contribution in [-0.2, 0) is 14.9 Å². The Hall–Kier alpha value is -2.87. The van der Waals surface area contributed by atoms with Crippen molar-refractivity contribution in [1.29, 1.82) is 0 Å². The summed E-state index contributed by atoms with van der Waals surface area (Å²) in [4.78, 5) is 13.2. The van der Waals surface area contributed by atoms with Gasteiger partial charge in [0, 0.05) is 0 Å². The Morgan fingerprint density at radius 3 is 1.33 bits per heavy atom. The van der Waals surface area contributed by atoms with Crippen LogP contribution >= 0.6 is 0 Å². The molecule has 2 nitrogen and oxygen atoms in total. The predicted molar refractivity (Wildman–Crippen MR) is 110 cm³/mol. The first-order valence-electron chi connectivity index (χ1n) is 9.39. The zero-order valence-electron chi connectivity index (χ0n) is 16.2. The molecule has 0 aliphatic heterocycles. The molecule has 0 spiro atoms. The molecule has 0 N–H and O–H groups in total. The Kier molecular flexibility index (Phi) is 5.46. The van der Waals surface area contributed by atoms with Crippen molar-refractivity contribution in [2.45, 2.75) is 26.2 Å². The molecule has 0 aliphatic rings. The fourth-order valence-corrected chi connectivity index (χ4v) is 4.11. The van der Waals surface area contributed by atoms with Crippen molar-refractivity contribution in [1.82, 2.24) is 0 Å². The average molecular weight is 358 g/mol. The Balaban J connectivity index is 2.42. The fourth-order valence-electron chi connectivity index (χ4n) is 4.11. The van der Waals surface area contributed by atoms with Gasteiger partial charge in [-0.05, 0) is 37.5 Å². The summed E-state index contributed by atoms with van der Waals surface area (Å²) in [6, 6.07) is 30.7. The Bertz CT molecular complexity index is 771. The van der Waals surface area contributed by atoms with Crippen LogP contribution in [0.1, 0.15) is 37.5 Å². The molecule has 138 valence electrons. The minimum Gasteiger partial charge on any atom is -0.466 e. The topological polar surface area (TPSA) is 26.3 Å². The summed E-state index contributed by atoms with van der Waals surface area (Å²) in [5, 5.41) is 0. The predicted octanol–water partition coefficient (Wildman–Crippen LogP) is 5.61. The van der Waals surface area contributed by atoms with Gasteiger partial charge < -0.3 is 4.74 Å². The highest BCUT2D eigenvalue weighted by atomic mass is 16.5. The van der Waals surface area contributed by atoms with Gasteiger partial charge in [-0.15, -0.1) is 0 Å². The third-order valence-electron chi connectivity index (χ3n) is 5.34. The van der Waals surface area contributed by atoms with Crippen molar-refractivity contribution in [2.24, 2.45) is 5.41 Å². The van der Waals surface area contributed by atoms with E-state index in [2.05, 4.69) is 36.4 Å². The second kappa shape index (κ2) is 7.79. The van der Waals surface area contributed by atoms with E-state index < -0.39 is 10.8 Å². The minimum absolute atomic E-state index is 0.207. The molecule has 0 amide bonds. The summed E-state index contributed by atoms with van der Waals surface area (Å²) < 4.78 is 5.54. The summed E-state index contributed by atoms with van der Waals surface area (Å²) in [6.07, 6.45) is 0. The van der Waals surface area contributed by atoms with E-state index in [-0.39, 0.29) is 5.97 Å². The Morgan fingerprint density at radius 2 is 1.04 bits per heavy atom. The summed E-state index contributed by atoms with van der Waals surface area (Å²) >= 11 is 0. The number of benzene rings is 3. The van der Waals surface area contributed by atoms with Gasteiger partial charge in [-0.3, -0.25) is 4.79 Å². The number of carbonyl (C=O) groups is 1. The molecule has 3 rings (SSSR count). The second-order valence-corrected chi connectivity index (χ2v) is 7.19. The summed E-state index contributed by atoms with van der Waals surface area (Å²) in [5.74, 6) is -0.207. The maximum Gasteiger partial charge on any atom is 0.313 e. The van der Waals surface area contributed by atoms with E-state index in [1.165, 1.54) is 0 Å². The van der Waals surface area contributed by atoms with Gasteiger partial charge in [0.05, 0.1) is 17.4 Å². The number of rotatable bonds is 6. The molecular weight excluding hydrogens is 332 g/mol. The van der Waals surface area contributed by atoms with Crippen LogP contribution in [0.3, 0.4) is 0 Å². The molecule has 0 saturated carbocycles. The van der Waals surface area contributed by atoms with Gasteiger partial charge in [-0.1, -0.05) is 91.0 Å². The molecule has 0 bridgehead atoms. The van der Waals surface area contributed by atoms with Gasteiger partial charge in [-0.25, -0.2) is 0 Å². The second-order valence-electron chi connectivity index (χ2n) is 7.19. The van der Waals surface area contributed by atoms with Crippen LogP contribution in [0.15, 0.2) is 91.0 Å². The van der Waals surface area contributed by atoms with Gasteiger partial charge in [0.15, 0.2) is 0 Å². The molecule has 2 heteroatoms. The van der Waals surface area contributed by atoms with Crippen molar-refractivity contribution in [3.05, 3.63) is 108 Å². The minimum atomic E-state index is -0.826. The van der Waals surface area contributed by atoms with Crippen molar-refractivity contribution in [3.8, 4) is 0 Å². The van der Waals surface area contributed by atoms with Crippen LogP contribution in [0.25, 0.3) is 0 Å². The maximum absolute atomic E-state index is 13.2. The largest absolute Gasteiger partial charge is 0.466 e. The first-order valence-corrected chi connectivity index (χ1v) is 9.39. The van der Waals surface area contributed by atoms with Crippen LogP contribution in [0.5, 0.6) is 0 Å². The van der Waals surface area contributed by atoms with Gasteiger partial charge in [0.25, 0.3) is 0 Å². The van der Waals surface area contributed by atoms with Gasteiger partial charge in [-0.2, -0.15) is 0 Å². The average Bonchev–Trinajstić information content (AvgIpc) is 2.71. The number of hydrogen-bond acceptors (Lipinski definition) is 2. The highest BCUT2D eigenvalue weighted by Crippen LogP contribution is 2.52. The van der Waals surface area contributed by atoms with Gasteiger partial charge >= 0.3 is 5.97 Å². The third kappa shape index (κ3) is 3.16. The molecule has 0 aromatic heterocycles. The smallest absolute Gasteiger partial charge is 0.313 e. The lowest BCUT2D eigenvalue weighted by molar-refractivity contribution is -0.156. The standard InChI is InChI=1S/C25H26O2/c1-4-27-23(26)24(2,3)25(20-14-8-5-9-15-20,21-16-10-6-11-17-21)22-18-12-7-13-19-22/h5-19H,4H2,1-3H3. The molecule has 27 heavy (non-hydrogen) atoms. The third-order valence-corrected chi connectivity index (χ3v) is 5.34. The molecule has 0 heterocycles. The zero-order chi connectivity index (χ0) is 19.3. The highest BCUT2D eigenvalue weighted by Gasteiger charge is 2.54. The number of esters is 1. The van der Waals surface area contributed by atoms with Gasteiger partial charge in [0.1, 0.15) is 0 Å². The normalized spacial score (nSPS) is 11.8. The van der Waals surface area contributed by atoms with E-state index in [0.29, 0.717) is 6.61 Å². The lowest BCUT2D eigenvalue weighted by atomic mass is 9.55. The fraction of sp³-hybridized carbons (Fsp3) is 0.240. The van der Waals surface area contributed by atoms with Crippen LogP contribution < -0.4 is 0 Å². The van der Waals surface area contributed by atoms with Crippen molar-refractivity contribution in [3.63, 3.8) is 0 Å². The number of carbonyl (C=O) groups excluding carboxylic acids is 1. The lowest BCUT2D eigenvalue weighted by Gasteiger charge is -2.46. The first kappa shape index (κ1) is 18.9. The van der Waals surface area contributed by atoms with Crippen molar-refractivity contribution in [2.75, 3.05) is 6.61 Å². The van der Waals surface area contributed by atoms with E-state index in [1.807, 2.05) is 75.4 Å². The zero-order valence-corrected chi connectivity index (χ0v) is 16.2. The maximum atomic E-state index is 13.2. The van der Waals surface area contributed by atoms with E-state index in [4.69, 9.17) is 4.74 Å².